The van der Waals surface area contributed by atoms with E-state index in [4.69, 9.17) is 0 Å². The van der Waals surface area contributed by atoms with Gasteiger partial charge in [-0.1, -0.05) is 0 Å². The molecule has 1 saturated carbocycles. The summed E-state index contributed by atoms with van der Waals surface area (Å²) >= 11 is 6.56. The predicted molar refractivity (Wildman–Crippen MR) is 79.6 cm³/mol. The Balaban J connectivity index is 1.64. The van der Waals surface area contributed by atoms with Crippen LogP contribution in [0.15, 0.2) is 32.7 Å². The minimum atomic E-state index is 0.0344. The Kier molecular flexibility index (Phi) is 3.30. The van der Waals surface area contributed by atoms with Crippen LogP contribution < -0.4 is 5.32 Å². The van der Waals surface area contributed by atoms with Gasteiger partial charge in [0.2, 0.25) is 0 Å². The first-order valence-electron chi connectivity index (χ1n) is 5.75. The Labute approximate surface area is 122 Å². The summed E-state index contributed by atoms with van der Waals surface area (Å²) in [7, 11) is 0. The van der Waals surface area contributed by atoms with E-state index in [1.54, 1.807) is 11.3 Å². The van der Waals surface area contributed by atoms with E-state index in [9.17, 15) is 4.79 Å². The largest absolute Gasteiger partial charge is 0.350 e. The third-order valence-electron chi connectivity index (χ3n) is 3.37. The van der Waals surface area contributed by atoms with E-state index in [0.717, 1.165) is 15.9 Å². The van der Waals surface area contributed by atoms with E-state index in [-0.39, 0.29) is 11.3 Å². The second kappa shape index (κ2) is 4.79. The number of halogens is 1. The van der Waals surface area contributed by atoms with Crippen molar-refractivity contribution >= 4 is 44.5 Å². The number of carbonyl (C=O) groups excluding carboxylic acids is 1. The molecule has 18 heavy (non-hydrogen) atoms. The van der Waals surface area contributed by atoms with Crippen LogP contribution in [-0.4, -0.2) is 12.5 Å². The normalized spacial score (nSPS) is 16.5. The third kappa shape index (κ3) is 2.39. The Morgan fingerprint density at radius 2 is 2.28 bits per heavy atom. The first-order chi connectivity index (χ1) is 8.70. The van der Waals surface area contributed by atoms with Crippen LogP contribution in [0.3, 0.4) is 0 Å². The number of hydrogen-bond acceptors (Lipinski definition) is 3. The van der Waals surface area contributed by atoms with Crippen LogP contribution >= 0.6 is 38.6 Å². The predicted octanol–water partition coefficient (Wildman–Crippen LogP) is 4.03. The Morgan fingerprint density at radius 1 is 1.44 bits per heavy atom. The molecular formula is C13H12BrNOS2. The van der Waals surface area contributed by atoms with E-state index in [1.165, 1.54) is 29.7 Å². The molecule has 0 bridgehead atoms. The van der Waals surface area contributed by atoms with Gasteiger partial charge in [-0.2, -0.15) is 11.3 Å². The Morgan fingerprint density at radius 3 is 2.83 bits per heavy atom. The van der Waals surface area contributed by atoms with Crippen LogP contribution in [0.1, 0.15) is 28.1 Å². The zero-order valence-corrected chi connectivity index (χ0v) is 12.8. The molecular weight excluding hydrogens is 330 g/mol. The lowest BCUT2D eigenvalue weighted by Gasteiger charge is -2.14. The highest BCUT2D eigenvalue weighted by atomic mass is 79.9. The SMILES string of the molecule is O=C(NCC1(c2ccsc2)CC1)c1cc(Br)cs1. The van der Waals surface area contributed by atoms with E-state index in [1.807, 2.05) is 11.4 Å². The molecule has 0 unspecified atom stereocenters. The molecule has 1 N–H and O–H groups in total. The molecule has 3 rings (SSSR count). The van der Waals surface area contributed by atoms with Gasteiger partial charge >= 0.3 is 0 Å². The van der Waals surface area contributed by atoms with Gasteiger partial charge in [0, 0.05) is 21.8 Å². The molecule has 2 nitrogen and oxygen atoms in total. The van der Waals surface area contributed by atoms with Gasteiger partial charge in [-0.15, -0.1) is 11.3 Å². The molecule has 0 saturated heterocycles. The van der Waals surface area contributed by atoms with E-state index < -0.39 is 0 Å². The number of rotatable bonds is 4. The quantitative estimate of drug-likeness (QED) is 0.893. The summed E-state index contributed by atoms with van der Waals surface area (Å²) in [5.74, 6) is 0.0344. The maximum absolute atomic E-state index is 12.0. The summed E-state index contributed by atoms with van der Waals surface area (Å²) in [5, 5.41) is 9.29. The van der Waals surface area contributed by atoms with Crippen LogP contribution in [0.25, 0.3) is 0 Å². The van der Waals surface area contributed by atoms with Crippen LogP contribution in [0.2, 0.25) is 0 Å². The van der Waals surface area contributed by atoms with E-state index >= 15 is 0 Å². The standard InChI is InChI=1S/C13H12BrNOS2/c14-10-5-11(18-7-10)12(16)15-8-13(2-3-13)9-1-4-17-6-9/h1,4-7H,2-3,8H2,(H,15,16). The Hall–Kier alpha value is -0.650. The fourth-order valence-corrected chi connectivity index (χ4v) is 4.17. The lowest BCUT2D eigenvalue weighted by Crippen LogP contribution is -2.31. The third-order valence-corrected chi connectivity index (χ3v) is 5.74. The first-order valence-corrected chi connectivity index (χ1v) is 8.36. The molecule has 0 atom stereocenters. The molecule has 1 aliphatic rings. The van der Waals surface area contributed by atoms with Crippen LogP contribution in [0, 0.1) is 0 Å². The van der Waals surface area contributed by atoms with E-state index in [2.05, 4.69) is 38.1 Å². The fraction of sp³-hybridized carbons (Fsp3) is 0.308. The van der Waals surface area contributed by atoms with Gasteiger partial charge in [0.25, 0.3) is 5.91 Å². The number of nitrogens with one attached hydrogen (secondary N) is 1. The highest BCUT2D eigenvalue weighted by molar-refractivity contribution is 9.10. The minimum Gasteiger partial charge on any atom is -0.350 e. The average molecular weight is 342 g/mol. The minimum absolute atomic E-state index is 0.0344. The van der Waals surface area contributed by atoms with Crippen molar-refractivity contribution in [2.24, 2.45) is 0 Å². The molecule has 5 heteroatoms. The number of hydrogen-bond donors (Lipinski definition) is 1. The molecule has 0 radical (unpaired) electrons. The summed E-state index contributed by atoms with van der Waals surface area (Å²) in [6.45, 7) is 0.748. The van der Waals surface area contributed by atoms with Crippen molar-refractivity contribution < 1.29 is 4.79 Å². The summed E-state index contributed by atoms with van der Waals surface area (Å²) < 4.78 is 0.969. The molecule has 1 amide bonds. The van der Waals surface area contributed by atoms with Crippen molar-refractivity contribution in [3.8, 4) is 0 Å². The molecule has 1 aliphatic carbocycles. The van der Waals surface area contributed by atoms with Gasteiger partial charge in [-0.25, -0.2) is 0 Å². The van der Waals surface area contributed by atoms with Crippen LogP contribution in [-0.2, 0) is 5.41 Å². The molecule has 1 fully saturated rings. The van der Waals surface area contributed by atoms with Crippen molar-refractivity contribution in [2.75, 3.05) is 6.54 Å². The Bertz CT molecular complexity index is 557. The maximum Gasteiger partial charge on any atom is 0.261 e. The molecule has 0 aliphatic heterocycles. The molecule has 0 spiro atoms. The zero-order valence-electron chi connectivity index (χ0n) is 9.61. The van der Waals surface area contributed by atoms with Gasteiger partial charge in [0.05, 0.1) is 4.88 Å². The maximum atomic E-state index is 12.0. The average Bonchev–Trinajstić information content (AvgIpc) is 2.82. The summed E-state index contributed by atoms with van der Waals surface area (Å²) in [5.41, 5.74) is 1.59. The second-order valence-electron chi connectivity index (χ2n) is 4.60. The van der Waals surface area contributed by atoms with Gasteiger partial charge in [0.15, 0.2) is 0 Å². The van der Waals surface area contributed by atoms with Crippen LogP contribution in [0.4, 0.5) is 0 Å². The molecule has 94 valence electrons. The van der Waals surface area contributed by atoms with Crippen molar-refractivity contribution in [1.29, 1.82) is 0 Å². The number of amides is 1. The van der Waals surface area contributed by atoms with Crippen molar-refractivity contribution in [1.82, 2.24) is 5.32 Å². The lowest BCUT2D eigenvalue weighted by molar-refractivity contribution is 0.0954. The second-order valence-corrected chi connectivity index (χ2v) is 7.21. The highest BCUT2D eigenvalue weighted by Gasteiger charge is 2.44. The summed E-state index contributed by atoms with van der Waals surface area (Å²) in [6.07, 6.45) is 2.36. The summed E-state index contributed by atoms with van der Waals surface area (Å²) in [4.78, 5) is 12.7. The molecule has 0 aromatic carbocycles. The van der Waals surface area contributed by atoms with Gasteiger partial charge in [-0.3, -0.25) is 4.79 Å². The van der Waals surface area contributed by atoms with Crippen molar-refractivity contribution in [3.63, 3.8) is 0 Å². The fourth-order valence-electron chi connectivity index (χ4n) is 2.05. The smallest absolute Gasteiger partial charge is 0.261 e. The van der Waals surface area contributed by atoms with Gasteiger partial charge in [0.1, 0.15) is 0 Å². The molecule has 2 heterocycles. The topological polar surface area (TPSA) is 29.1 Å². The zero-order chi connectivity index (χ0) is 12.6. The van der Waals surface area contributed by atoms with Gasteiger partial charge < -0.3 is 5.32 Å². The monoisotopic (exact) mass is 341 g/mol. The van der Waals surface area contributed by atoms with Crippen LogP contribution in [0.5, 0.6) is 0 Å². The van der Waals surface area contributed by atoms with Gasteiger partial charge in [-0.05, 0) is 57.2 Å². The van der Waals surface area contributed by atoms with Crippen molar-refractivity contribution in [2.45, 2.75) is 18.3 Å². The molecule has 2 aromatic heterocycles. The summed E-state index contributed by atoms with van der Waals surface area (Å²) in [6, 6.07) is 4.04. The highest BCUT2D eigenvalue weighted by Crippen LogP contribution is 2.48. The number of thiophene rings is 2. The lowest BCUT2D eigenvalue weighted by atomic mass is 9.99. The number of carbonyl (C=O) groups is 1. The molecule has 2 aromatic rings. The van der Waals surface area contributed by atoms with E-state index in [0.29, 0.717) is 0 Å². The van der Waals surface area contributed by atoms with Crippen molar-refractivity contribution in [3.05, 3.63) is 43.2 Å². The first kappa shape index (κ1) is 12.4.